The lowest BCUT2D eigenvalue weighted by Crippen LogP contribution is -2.51. The lowest BCUT2D eigenvalue weighted by atomic mass is 9.47. The zero-order valence-electron chi connectivity index (χ0n) is 28.8. The number of carbonyl (C=O) groups excluding carboxylic acids is 2. The van der Waals surface area contributed by atoms with Gasteiger partial charge in [0.15, 0.2) is 6.29 Å². The predicted octanol–water partition coefficient (Wildman–Crippen LogP) is 7.70. The third kappa shape index (κ3) is 6.99. The van der Waals surface area contributed by atoms with Gasteiger partial charge < -0.3 is 23.8 Å². The smallest absolute Gasteiger partial charge is 0.303 e. The monoisotopic (exact) mass is 639 g/mol. The SMILES string of the molecule is CC(=O)OC[C@H]1OC(O[C@H]2CC[C@@]3(C)C(=CCC4C3CC[C@@]3(C)C4CC[C@@H]3/C(C)=N/OCC3CCCCC3)C2)C=C[C@@H]1OC(C)=O. The van der Waals surface area contributed by atoms with Gasteiger partial charge in [0.1, 0.15) is 25.4 Å². The summed E-state index contributed by atoms with van der Waals surface area (Å²) in [6, 6.07) is 0. The van der Waals surface area contributed by atoms with Gasteiger partial charge in [-0.15, -0.1) is 0 Å². The highest BCUT2D eigenvalue weighted by Crippen LogP contribution is 2.66. The molecule has 6 aliphatic rings. The summed E-state index contributed by atoms with van der Waals surface area (Å²) in [5, 5.41) is 4.75. The van der Waals surface area contributed by atoms with Crippen LogP contribution in [0.15, 0.2) is 29.0 Å². The molecule has 0 bridgehead atoms. The molecule has 0 aromatic heterocycles. The Bertz CT molecular complexity index is 1210. The van der Waals surface area contributed by atoms with E-state index in [1.807, 2.05) is 6.08 Å². The van der Waals surface area contributed by atoms with E-state index >= 15 is 0 Å². The second kappa shape index (κ2) is 14.1. The average molecular weight is 640 g/mol. The molecule has 1 aliphatic heterocycles. The molecular formula is C38H57NO7. The van der Waals surface area contributed by atoms with Gasteiger partial charge in [0.2, 0.25) is 0 Å². The van der Waals surface area contributed by atoms with Gasteiger partial charge in [-0.1, -0.05) is 49.9 Å². The van der Waals surface area contributed by atoms with Crippen molar-refractivity contribution >= 4 is 17.7 Å². The fourth-order valence-electron chi connectivity index (χ4n) is 10.6. The van der Waals surface area contributed by atoms with Gasteiger partial charge in [-0.2, -0.15) is 0 Å². The van der Waals surface area contributed by atoms with Crippen molar-refractivity contribution in [3.05, 3.63) is 23.8 Å². The maximum atomic E-state index is 11.6. The number of esters is 2. The minimum Gasteiger partial charge on any atom is -0.463 e. The second-order valence-corrected chi connectivity index (χ2v) is 15.8. The number of carbonyl (C=O) groups is 2. The van der Waals surface area contributed by atoms with Crippen LogP contribution in [0.4, 0.5) is 0 Å². The summed E-state index contributed by atoms with van der Waals surface area (Å²) in [6.07, 6.45) is 20.4. The van der Waals surface area contributed by atoms with Crippen LogP contribution in [-0.2, 0) is 33.4 Å². The van der Waals surface area contributed by atoms with Gasteiger partial charge in [-0.05, 0) is 118 Å². The first-order chi connectivity index (χ1) is 22.1. The van der Waals surface area contributed by atoms with Crippen molar-refractivity contribution in [2.24, 2.45) is 45.6 Å². The summed E-state index contributed by atoms with van der Waals surface area (Å²) >= 11 is 0. The Hall–Kier alpha value is -2.19. The van der Waals surface area contributed by atoms with Crippen molar-refractivity contribution in [3.8, 4) is 0 Å². The van der Waals surface area contributed by atoms with Crippen LogP contribution in [0, 0.1) is 40.4 Å². The molecule has 0 N–H and O–H groups in total. The van der Waals surface area contributed by atoms with Crippen LogP contribution < -0.4 is 0 Å². The number of fused-ring (bicyclic) bond motifs is 5. The van der Waals surface area contributed by atoms with E-state index in [1.165, 1.54) is 77.3 Å². The molecule has 0 aromatic rings. The molecule has 5 aliphatic carbocycles. The lowest BCUT2D eigenvalue weighted by Gasteiger charge is -2.58. The first-order valence-electron chi connectivity index (χ1n) is 18.2. The molecule has 0 saturated heterocycles. The third-order valence-corrected chi connectivity index (χ3v) is 13.0. The lowest BCUT2D eigenvalue weighted by molar-refractivity contribution is -0.213. The van der Waals surface area contributed by atoms with Crippen molar-refractivity contribution in [1.29, 1.82) is 0 Å². The second-order valence-electron chi connectivity index (χ2n) is 15.8. The van der Waals surface area contributed by atoms with Crippen LogP contribution in [-0.4, -0.2) is 55.5 Å². The van der Waals surface area contributed by atoms with Crippen molar-refractivity contribution < 1.29 is 33.4 Å². The third-order valence-electron chi connectivity index (χ3n) is 13.0. The normalized spacial score (nSPS) is 41.1. The Morgan fingerprint density at radius 3 is 2.48 bits per heavy atom. The number of hydrogen-bond donors (Lipinski definition) is 0. The van der Waals surface area contributed by atoms with Gasteiger partial charge in [0, 0.05) is 19.8 Å². The van der Waals surface area contributed by atoms with Crippen LogP contribution in [0.25, 0.3) is 0 Å². The van der Waals surface area contributed by atoms with Gasteiger partial charge >= 0.3 is 11.9 Å². The largest absolute Gasteiger partial charge is 0.463 e. The highest BCUT2D eigenvalue weighted by Gasteiger charge is 2.59. The molecule has 0 amide bonds. The zero-order valence-corrected chi connectivity index (χ0v) is 28.8. The molecule has 256 valence electrons. The fourth-order valence-corrected chi connectivity index (χ4v) is 10.6. The molecule has 1 heterocycles. The van der Waals surface area contributed by atoms with Crippen molar-refractivity contribution in [3.63, 3.8) is 0 Å². The number of hydrogen-bond acceptors (Lipinski definition) is 8. The van der Waals surface area contributed by atoms with Crippen molar-refractivity contribution in [1.82, 2.24) is 0 Å². The van der Waals surface area contributed by atoms with E-state index < -0.39 is 30.4 Å². The minimum absolute atomic E-state index is 0.00818. The average Bonchev–Trinajstić information content (AvgIpc) is 3.39. The van der Waals surface area contributed by atoms with Gasteiger partial charge in [-0.25, -0.2) is 0 Å². The Labute approximate surface area is 276 Å². The van der Waals surface area contributed by atoms with Crippen LogP contribution in [0.5, 0.6) is 0 Å². The molecule has 8 nitrogen and oxygen atoms in total. The molecule has 0 radical (unpaired) electrons. The topological polar surface area (TPSA) is 92.7 Å². The maximum Gasteiger partial charge on any atom is 0.303 e. The van der Waals surface area contributed by atoms with Crippen LogP contribution in [0.1, 0.15) is 118 Å². The quantitative estimate of drug-likeness (QED) is 0.110. The summed E-state index contributed by atoms with van der Waals surface area (Å²) in [5.41, 5.74) is 3.31. The van der Waals surface area contributed by atoms with Crippen LogP contribution >= 0.6 is 0 Å². The number of ether oxygens (including phenoxy) is 4. The summed E-state index contributed by atoms with van der Waals surface area (Å²) < 4.78 is 23.2. The Balaban J connectivity index is 1.07. The molecular weight excluding hydrogens is 582 g/mol. The zero-order chi connectivity index (χ0) is 32.5. The Morgan fingerprint density at radius 2 is 1.72 bits per heavy atom. The number of oxime groups is 1. The molecule has 0 spiro atoms. The molecule has 46 heavy (non-hydrogen) atoms. The number of rotatable bonds is 9. The molecule has 10 atom stereocenters. The first-order valence-corrected chi connectivity index (χ1v) is 18.2. The highest BCUT2D eigenvalue weighted by molar-refractivity contribution is 5.85. The molecule has 6 rings (SSSR count). The standard InChI is InChI=1S/C38H57NO7/c1-24(39-43-22-27-9-7-6-8-10-27)31-13-14-32-30-12-11-28-21-29(17-19-37(28,4)33(30)18-20-38(31,32)5)45-36-16-15-34(44-26(3)41)35(46-36)23-42-25(2)40/h11,15-16,27,29-36H,6-10,12-14,17-23H2,1-5H3/b39-24+/t29-,30?,31+,32?,33?,34-,35+,36?,37-,38+/m0/s1. The molecule has 4 fully saturated rings. The van der Waals surface area contributed by atoms with Gasteiger partial charge in [-0.3, -0.25) is 9.59 Å². The van der Waals surface area contributed by atoms with Crippen molar-refractivity contribution in [2.75, 3.05) is 13.2 Å². The van der Waals surface area contributed by atoms with E-state index in [2.05, 4.69) is 26.8 Å². The predicted molar refractivity (Wildman–Crippen MR) is 176 cm³/mol. The Morgan fingerprint density at radius 1 is 0.913 bits per heavy atom. The summed E-state index contributed by atoms with van der Waals surface area (Å²) in [7, 11) is 0. The van der Waals surface area contributed by atoms with Crippen LogP contribution in [0.3, 0.4) is 0 Å². The number of nitrogens with zero attached hydrogens (tertiary/aromatic N) is 1. The van der Waals surface area contributed by atoms with E-state index in [-0.39, 0.29) is 18.1 Å². The molecule has 0 aromatic carbocycles. The number of allylic oxidation sites excluding steroid dienone is 1. The van der Waals surface area contributed by atoms with E-state index in [9.17, 15) is 9.59 Å². The first kappa shape index (κ1) is 33.7. The van der Waals surface area contributed by atoms with E-state index in [0.717, 1.165) is 44.1 Å². The summed E-state index contributed by atoms with van der Waals surface area (Å²) in [6.45, 7) is 10.8. The fraction of sp³-hybridized carbons (Fsp3) is 0.816. The molecule has 4 saturated carbocycles. The summed E-state index contributed by atoms with van der Waals surface area (Å²) in [4.78, 5) is 29.0. The maximum absolute atomic E-state index is 11.6. The van der Waals surface area contributed by atoms with E-state index in [4.69, 9.17) is 28.9 Å². The van der Waals surface area contributed by atoms with Crippen LogP contribution in [0.2, 0.25) is 0 Å². The minimum atomic E-state index is -0.611. The van der Waals surface area contributed by atoms with E-state index in [1.54, 1.807) is 11.6 Å². The highest BCUT2D eigenvalue weighted by atomic mass is 16.7. The van der Waals surface area contributed by atoms with Crippen molar-refractivity contribution in [2.45, 2.75) is 143 Å². The Kier molecular flexibility index (Phi) is 10.3. The van der Waals surface area contributed by atoms with E-state index in [0.29, 0.717) is 23.2 Å². The van der Waals surface area contributed by atoms with Gasteiger partial charge in [0.25, 0.3) is 0 Å². The molecule has 8 heteroatoms. The summed E-state index contributed by atoms with van der Waals surface area (Å²) in [5.74, 6) is 2.60. The van der Waals surface area contributed by atoms with Gasteiger partial charge in [0.05, 0.1) is 11.8 Å². The molecule has 4 unspecified atom stereocenters.